The first kappa shape index (κ1) is 26.9. The normalized spacial score (nSPS) is 10.3. The van der Waals surface area contributed by atoms with Crippen LogP contribution in [0.25, 0.3) is 0 Å². The summed E-state index contributed by atoms with van der Waals surface area (Å²) in [6.45, 7) is 2.87. The van der Waals surface area contributed by atoms with Crippen molar-refractivity contribution in [3.8, 4) is 11.8 Å². The molecule has 2 aromatic rings. The molecule has 32 heavy (non-hydrogen) atoms. The van der Waals surface area contributed by atoms with E-state index < -0.39 is 26.1 Å². The molecule has 2 heterocycles. The molecule has 0 unspecified atom stereocenters. The number of anilines is 2. The molecule has 0 saturated heterocycles. The second kappa shape index (κ2) is 13.3. The Kier molecular flexibility index (Phi) is 11.2. The molecular weight excluding hydrogens is 460 g/mol. The van der Waals surface area contributed by atoms with Gasteiger partial charge >= 0.3 is 0 Å². The number of nitrogens with one attached hydrogen (secondary N) is 2. The van der Waals surface area contributed by atoms with E-state index in [1.54, 1.807) is 13.0 Å². The molecule has 176 valence electrons. The van der Waals surface area contributed by atoms with Crippen molar-refractivity contribution in [3.05, 3.63) is 35.1 Å². The van der Waals surface area contributed by atoms with Crippen LogP contribution in [0.4, 0.5) is 28.9 Å². The van der Waals surface area contributed by atoms with Crippen molar-refractivity contribution in [1.82, 2.24) is 9.97 Å². The summed E-state index contributed by atoms with van der Waals surface area (Å²) in [5, 5.41) is 5.02. The number of carbonyl (C=O) groups is 2. The Hall–Kier alpha value is -3.15. The van der Waals surface area contributed by atoms with Crippen molar-refractivity contribution < 1.29 is 36.6 Å². The lowest BCUT2D eigenvalue weighted by Gasteiger charge is -2.08. The first-order valence-corrected chi connectivity index (χ1v) is 9.35. The highest BCUT2D eigenvalue weighted by molar-refractivity contribution is 6.29. The molecule has 0 aliphatic heterocycles. The zero-order valence-corrected chi connectivity index (χ0v) is 18.1. The molecule has 0 spiro atoms. The van der Waals surface area contributed by atoms with Crippen LogP contribution >= 0.6 is 11.6 Å². The minimum absolute atomic E-state index is 0.0514. The van der Waals surface area contributed by atoms with Gasteiger partial charge in [-0.05, 0) is 19.1 Å². The van der Waals surface area contributed by atoms with Gasteiger partial charge < -0.3 is 20.1 Å². The van der Waals surface area contributed by atoms with Crippen LogP contribution in [0, 0.1) is 6.92 Å². The molecule has 0 atom stereocenters. The Morgan fingerprint density at radius 2 is 1.31 bits per heavy atom. The molecule has 0 aromatic carbocycles. The van der Waals surface area contributed by atoms with Crippen LogP contribution in [0.1, 0.15) is 19.5 Å². The van der Waals surface area contributed by atoms with E-state index in [-0.39, 0.29) is 28.7 Å². The summed E-state index contributed by atoms with van der Waals surface area (Å²) in [6.07, 6.45) is -5.14. The third-order valence-corrected chi connectivity index (χ3v) is 3.25. The number of aryl methyl sites for hydroxylation is 1. The van der Waals surface area contributed by atoms with Gasteiger partial charge in [0, 0.05) is 43.0 Å². The molecule has 0 fully saturated rings. The zero-order valence-electron chi connectivity index (χ0n) is 17.3. The highest BCUT2D eigenvalue weighted by atomic mass is 35.5. The summed E-state index contributed by atoms with van der Waals surface area (Å²) in [4.78, 5) is 29.2. The number of pyridine rings is 2. The molecule has 2 N–H and O–H groups in total. The van der Waals surface area contributed by atoms with Gasteiger partial charge in [0.05, 0.1) is 0 Å². The summed E-state index contributed by atoms with van der Waals surface area (Å²) in [5.74, 6) is -0.534. The number of alkyl halides is 4. The van der Waals surface area contributed by atoms with Gasteiger partial charge in [-0.2, -0.15) is 0 Å². The van der Waals surface area contributed by atoms with E-state index in [1.807, 2.05) is 0 Å². The topological polar surface area (TPSA) is 102 Å². The number of amides is 2. The SMILES string of the molecule is CC(=O)Nc1cc(C)nc(OCC(F)F)c1.CC(=O)Nc1cc(Cl)nc(OCC(F)F)c1. The first-order valence-electron chi connectivity index (χ1n) is 8.98. The molecule has 13 heteroatoms. The third kappa shape index (κ3) is 11.9. The maximum Gasteiger partial charge on any atom is 0.272 e. The van der Waals surface area contributed by atoms with E-state index >= 15 is 0 Å². The summed E-state index contributed by atoms with van der Waals surface area (Å²) >= 11 is 5.62. The van der Waals surface area contributed by atoms with Crippen molar-refractivity contribution in [2.75, 3.05) is 23.8 Å². The standard InChI is InChI=1S/C10H12F2N2O2.C9H9ClF2N2O2/c1-6-3-8(14-7(2)15)4-10(13-6)16-5-9(11)12;1-5(15)13-6-2-7(10)14-9(3-6)16-4-8(11)12/h3-4,9H,5H2,1-2H3,(H,13,14,15);2-3,8H,4H2,1H3,(H,13,14,15). The van der Waals surface area contributed by atoms with Crippen LogP contribution in [0.3, 0.4) is 0 Å². The van der Waals surface area contributed by atoms with Crippen molar-refractivity contribution in [3.63, 3.8) is 0 Å². The Morgan fingerprint density at radius 3 is 1.75 bits per heavy atom. The first-order chi connectivity index (χ1) is 14.9. The summed E-state index contributed by atoms with van der Waals surface area (Å²) < 4.78 is 57.0. The Bertz CT molecular complexity index is 845. The number of halogens is 5. The van der Waals surface area contributed by atoms with E-state index in [9.17, 15) is 27.2 Å². The van der Waals surface area contributed by atoms with Gasteiger partial charge in [0.2, 0.25) is 23.6 Å². The smallest absolute Gasteiger partial charge is 0.272 e. The van der Waals surface area contributed by atoms with Crippen LogP contribution in [0.2, 0.25) is 5.15 Å². The lowest BCUT2D eigenvalue weighted by atomic mass is 10.3. The second-order valence-electron chi connectivity index (χ2n) is 6.12. The quantitative estimate of drug-likeness (QED) is 0.430. The average molecular weight is 481 g/mol. The Labute approximate surface area is 186 Å². The fourth-order valence-electron chi connectivity index (χ4n) is 2.11. The van der Waals surface area contributed by atoms with Gasteiger partial charge in [-0.3, -0.25) is 9.59 Å². The minimum atomic E-state index is -2.59. The molecule has 0 aliphatic carbocycles. The van der Waals surface area contributed by atoms with E-state index in [0.29, 0.717) is 17.1 Å². The maximum atomic E-state index is 11.9. The highest BCUT2D eigenvalue weighted by Gasteiger charge is 2.08. The molecule has 0 saturated carbocycles. The van der Waals surface area contributed by atoms with Crippen LogP contribution in [0.15, 0.2) is 24.3 Å². The zero-order chi connectivity index (χ0) is 24.3. The summed E-state index contributed by atoms with van der Waals surface area (Å²) in [6, 6.07) is 5.72. The van der Waals surface area contributed by atoms with E-state index in [4.69, 9.17) is 16.3 Å². The predicted octanol–water partition coefficient (Wildman–Crippen LogP) is 4.33. The maximum absolute atomic E-state index is 11.9. The van der Waals surface area contributed by atoms with Gasteiger partial charge in [0.25, 0.3) is 12.9 Å². The minimum Gasteiger partial charge on any atom is -0.472 e. The van der Waals surface area contributed by atoms with Crippen molar-refractivity contribution in [1.29, 1.82) is 0 Å². The molecule has 0 bridgehead atoms. The molecule has 2 amide bonds. The monoisotopic (exact) mass is 480 g/mol. The second-order valence-corrected chi connectivity index (χ2v) is 6.51. The summed E-state index contributed by atoms with van der Waals surface area (Å²) in [7, 11) is 0. The fourth-order valence-corrected chi connectivity index (χ4v) is 2.31. The van der Waals surface area contributed by atoms with Crippen molar-refractivity contribution in [2.24, 2.45) is 0 Å². The van der Waals surface area contributed by atoms with Crippen molar-refractivity contribution in [2.45, 2.75) is 33.6 Å². The van der Waals surface area contributed by atoms with Crippen LogP contribution in [0.5, 0.6) is 11.8 Å². The van der Waals surface area contributed by atoms with E-state index in [2.05, 4.69) is 25.3 Å². The number of carbonyl (C=O) groups excluding carboxylic acids is 2. The molecule has 0 radical (unpaired) electrons. The Balaban J connectivity index is 0.000000320. The number of aromatic nitrogens is 2. The fraction of sp³-hybridized carbons (Fsp3) is 0.368. The van der Waals surface area contributed by atoms with E-state index in [0.717, 1.165) is 0 Å². The Morgan fingerprint density at radius 1 is 0.875 bits per heavy atom. The lowest BCUT2D eigenvalue weighted by molar-refractivity contribution is -0.115. The number of rotatable bonds is 8. The predicted molar refractivity (Wildman–Crippen MR) is 110 cm³/mol. The van der Waals surface area contributed by atoms with Gasteiger partial charge in [-0.15, -0.1) is 0 Å². The van der Waals surface area contributed by atoms with Gasteiger partial charge in [0.1, 0.15) is 5.15 Å². The highest BCUT2D eigenvalue weighted by Crippen LogP contribution is 2.20. The summed E-state index contributed by atoms with van der Waals surface area (Å²) in [5.41, 5.74) is 1.40. The van der Waals surface area contributed by atoms with Gasteiger partial charge in [-0.1, -0.05) is 11.6 Å². The number of hydrogen-bond acceptors (Lipinski definition) is 6. The number of nitrogens with zero attached hydrogens (tertiary/aromatic N) is 2. The largest absolute Gasteiger partial charge is 0.472 e. The van der Waals surface area contributed by atoms with Gasteiger partial charge in [0.15, 0.2) is 13.2 Å². The number of hydrogen-bond donors (Lipinski definition) is 2. The lowest BCUT2D eigenvalue weighted by Crippen LogP contribution is -2.10. The average Bonchev–Trinajstić information content (AvgIpc) is 2.63. The number of ether oxygens (including phenoxy) is 2. The van der Waals surface area contributed by atoms with E-state index in [1.165, 1.54) is 32.0 Å². The van der Waals surface area contributed by atoms with Crippen LogP contribution in [-0.4, -0.2) is 47.8 Å². The van der Waals surface area contributed by atoms with Crippen LogP contribution in [-0.2, 0) is 9.59 Å². The molecule has 2 aromatic heterocycles. The van der Waals surface area contributed by atoms with Crippen LogP contribution < -0.4 is 20.1 Å². The molecule has 8 nitrogen and oxygen atoms in total. The molecule has 2 rings (SSSR count). The van der Waals surface area contributed by atoms with Crippen molar-refractivity contribution >= 4 is 34.8 Å². The molecule has 0 aliphatic rings. The third-order valence-electron chi connectivity index (χ3n) is 3.06. The van der Waals surface area contributed by atoms with Gasteiger partial charge in [-0.25, -0.2) is 27.5 Å². The molecular formula is C19H21ClF4N4O4.